The molecule has 32 heavy (non-hydrogen) atoms. The summed E-state index contributed by atoms with van der Waals surface area (Å²) in [5.74, 6) is 2.09. The molecule has 0 radical (unpaired) electrons. The molecule has 0 amide bonds. The molecular weight excluding hydrogens is 438 g/mol. The molecule has 4 bridgehead atoms. The molecule has 5 nitrogen and oxygen atoms in total. The van der Waals surface area contributed by atoms with Gasteiger partial charge in [0.25, 0.3) is 0 Å². The first-order valence-corrected chi connectivity index (χ1v) is 13.4. The molecule has 0 spiro atoms. The number of benzene rings is 2. The van der Waals surface area contributed by atoms with Gasteiger partial charge < -0.3 is 10.6 Å². The van der Waals surface area contributed by atoms with Crippen LogP contribution in [-0.2, 0) is 10.0 Å². The summed E-state index contributed by atoms with van der Waals surface area (Å²) in [5, 5.41) is 6.84. The number of aryl methyl sites for hydroxylation is 2. The summed E-state index contributed by atoms with van der Waals surface area (Å²) in [7, 11) is -3.55. The van der Waals surface area contributed by atoms with Crippen LogP contribution >= 0.6 is 12.2 Å². The van der Waals surface area contributed by atoms with Gasteiger partial charge in [0.1, 0.15) is 0 Å². The second-order valence-corrected chi connectivity index (χ2v) is 12.3. The first-order chi connectivity index (χ1) is 15.2. The Morgan fingerprint density at radius 3 is 2.09 bits per heavy atom. The topological polar surface area (TPSA) is 70.2 Å². The zero-order chi connectivity index (χ0) is 22.5. The van der Waals surface area contributed by atoms with Crippen molar-refractivity contribution in [3.63, 3.8) is 0 Å². The zero-order valence-electron chi connectivity index (χ0n) is 18.6. The lowest BCUT2D eigenvalue weighted by atomic mass is 9.53. The Balaban J connectivity index is 1.25. The van der Waals surface area contributed by atoms with Gasteiger partial charge in [-0.2, -0.15) is 0 Å². The predicted molar refractivity (Wildman–Crippen MR) is 133 cm³/mol. The third-order valence-corrected chi connectivity index (χ3v) is 9.25. The maximum atomic E-state index is 13.2. The van der Waals surface area contributed by atoms with Crippen molar-refractivity contribution in [3.05, 3.63) is 53.6 Å². The number of rotatable bonds is 5. The molecule has 0 saturated heterocycles. The summed E-state index contributed by atoms with van der Waals surface area (Å²) in [4.78, 5) is 0.312. The van der Waals surface area contributed by atoms with Crippen LogP contribution in [0.1, 0.15) is 49.7 Å². The third kappa shape index (κ3) is 4.43. The Hall–Kier alpha value is -1.96. The van der Waals surface area contributed by atoms with Gasteiger partial charge in [0, 0.05) is 16.9 Å². The number of thiocarbonyl (C=S) groups is 1. The first-order valence-electron chi connectivity index (χ1n) is 11.5. The van der Waals surface area contributed by atoms with Crippen LogP contribution in [0.3, 0.4) is 0 Å². The number of anilines is 2. The van der Waals surface area contributed by atoms with E-state index in [-0.39, 0.29) is 5.54 Å². The Labute approximate surface area is 196 Å². The Bertz CT molecular complexity index is 1110. The van der Waals surface area contributed by atoms with Gasteiger partial charge in [0.2, 0.25) is 10.0 Å². The zero-order valence-corrected chi connectivity index (χ0v) is 20.3. The highest BCUT2D eigenvalue weighted by molar-refractivity contribution is 7.89. The van der Waals surface area contributed by atoms with E-state index in [0.717, 1.165) is 41.8 Å². The minimum absolute atomic E-state index is 0.234. The highest BCUT2D eigenvalue weighted by Gasteiger charge is 2.52. The van der Waals surface area contributed by atoms with Gasteiger partial charge in [0.15, 0.2) is 5.11 Å². The maximum absolute atomic E-state index is 13.2. The molecule has 3 N–H and O–H groups in total. The molecule has 170 valence electrons. The SMILES string of the molecule is Cc1ccc(C)c(NC(=S)Nc2ccc(S(=O)(=O)NC34CC5CC(CC(C5)C3)C4)cc2)c1. The van der Waals surface area contributed by atoms with Crippen molar-refractivity contribution in [2.45, 2.75) is 62.8 Å². The number of sulfonamides is 1. The van der Waals surface area contributed by atoms with Crippen LogP contribution in [0.15, 0.2) is 47.4 Å². The molecule has 0 atom stereocenters. The molecule has 2 aromatic carbocycles. The van der Waals surface area contributed by atoms with Crippen LogP contribution in [0.25, 0.3) is 0 Å². The van der Waals surface area contributed by atoms with E-state index >= 15 is 0 Å². The molecule has 0 heterocycles. The molecule has 4 saturated carbocycles. The molecular formula is C25H31N3O2S2. The van der Waals surface area contributed by atoms with Crippen molar-refractivity contribution < 1.29 is 8.42 Å². The van der Waals surface area contributed by atoms with E-state index in [2.05, 4.69) is 33.6 Å². The van der Waals surface area contributed by atoms with Gasteiger partial charge in [-0.3, -0.25) is 0 Å². The monoisotopic (exact) mass is 469 g/mol. The van der Waals surface area contributed by atoms with E-state index in [1.165, 1.54) is 19.3 Å². The van der Waals surface area contributed by atoms with Gasteiger partial charge in [-0.1, -0.05) is 12.1 Å². The highest BCUT2D eigenvalue weighted by atomic mass is 32.2. The molecule has 7 heteroatoms. The van der Waals surface area contributed by atoms with Crippen molar-refractivity contribution in [2.24, 2.45) is 17.8 Å². The number of hydrogen-bond donors (Lipinski definition) is 3. The average molecular weight is 470 g/mol. The fourth-order valence-corrected chi connectivity index (χ4v) is 8.11. The van der Waals surface area contributed by atoms with Gasteiger partial charge >= 0.3 is 0 Å². The van der Waals surface area contributed by atoms with Crippen LogP contribution in [0, 0.1) is 31.6 Å². The number of nitrogens with one attached hydrogen (secondary N) is 3. The summed E-state index contributed by atoms with van der Waals surface area (Å²) in [6, 6.07) is 13.0. The molecule has 0 aromatic heterocycles. The fraction of sp³-hybridized carbons (Fsp3) is 0.480. The lowest BCUT2D eigenvalue weighted by Crippen LogP contribution is -2.59. The lowest BCUT2D eigenvalue weighted by Gasteiger charge is -2.56. The highest BCUT2D eigenvalue weighted by Crippen LogP contribution is 2.55. The van der Waals surface area contributed by atoms with Crippen molar-refractivity contribution in [1.82, 2.24) is 4.72 Å². The van der Waals surface area contributed by atoms with E-state index in [0.29, 0.717) is 27.8 Å². The van der Waals surface area contributed by atoms with Gasteiger partial charge in [-0.15, -0.1) is 0 Å². The molecule has 0 aliphatic heterocycles. The molecule has 4 aliphatic carbocycles. The number of hydrogen-bond acceptors (Lipinski definition) is 3. The molecule has 0 unspecified atom stereocenters. The molecule has 2 aromatic rings. The van der Waals surface area contributed by atoms with Crippen LogP contribution < -0.4 is 15.4 Å². The van der Waals surface area contributed by atoms with Crippen LogP contribution in [0.4, 0.5) is 11.4 Å². The summed E-state index contributed by atoms with van der Waals surface area (Å²) in [6.45, 7) is 4.07. The molecule has 6 rings (SSSR count). The average Bonchev–Trinajstić information content (AvgIpc) is 2.69. The minimum Gasteiger partial charge on any atom is -0.332 e. The van der Waals surface area contributed by atoms with Crippen molar-refractivity contribution in [1.29, 1.82) is 0 Å². The first kappa shape index (κ1) is 21.9. The Kier molecular flexibility index (Phi) is 5.55. The van der Waals surface area contributed by atoms with Crippen molar-refractivity contribution in [2.75, 3.05) is 10.6 Å². The lowest BCUT2D eigenvalue weighted by molar-refractivity contribution is -0.00810. The van der Waals surface area contributed by atoms with Gasteiger partial charge in [-0.25, -0.2) is 13.1 Å². The summed E-state index contributed by atoms with van der Waals surface area (Å²) in [6.07, 6.45) is 6.86. The standard InChI is InChI=1S/C25H31N3O2S2/c1-16-3-4-17(2)23(9-16)27-24(31)26-21-5-7-22(8-6-21)32(29,30)28-25-13-18-10-19(14-25)12-20(11-18)15-25/h3-9,18-20,28H,10-15H2,1-2H3,(H2,26,27,31). The fourth-order valence-electron chi connectivity index (χ4n) is 6.45. The van der Waals surface area contributed by atoms with Gasteiger partial charge in [0.05, 0.1) is 4.90 Å². The second-order valence-electron chi connectivity index (χ2n) is 10.2. The van der Waals surface area contributed by atoms with Crippen LogP contribution in [0.5, 0.6) is 0 Å². The minimum atomic E-state index is -3.55. The van der Waals surface area contributed by atoms with Gasteiger partial charge in [-0.05, 0) is 124 Å². The van der Waals surface area contributed by atoms with E-state index in [9.17, 15) is 8.42 Å². The smallest absolute Gasteiger partial charge is 0.241 e. The van der Waals surface area contributed by atoms with E-state index in [4.69, 9.17) is 12.2 Å². The summed E-state index contributed by atoms with van der Waals surface area (Å²) >= 11 is 5.45. The van der Waals surface area contributed by atoms with Crippen molar-refractivity contribution >= 4 is 38.7 Å². The van der Waals surface area contributed by atoms with E-state index in [1.807, 2.05) is 13.8 Å². The summed E-state index contributed by atoms with van der Waals surface area (Å²) in [5.41, 5.74) is 3.74. The Morgan fingerprint density at radius 1 is 0.906 bits per heavy atom. The predicted octanol–water partition coefficient (Wildman–Crippen LogP) is 5.36. The third-order valence-electron chi connectivity index (χ3n) is 7.45. The molecule has 4 aliphatic rings. The van der Waals surface area contributed by atoms with E-state index < -0.39 is 10.0 Å². The quantitative estimate of drug-likeness (QED) is 0.514. The van der Waals surface area contributed by atoms with E-state index in [1.54, 1.807) is 24.3 Å². The Morgan fingerprint density at radius 2 is 1.50 bits per heavy atom. The molecule has 4 fully saturated rings. The second kappa shape index (κ2) is 8.12. The normalized spacial score (nSPS) is 28.5. The maximum Gasteiger partial charge on any atom is 0.241 e. The summed E-state index contributed by atoms with van der Waals surface area (Å²) < 4.78 is 29.5. The van der Waals surface area contributed by atoms with Crippen molar-refractivity contribution in [3.8, 4) is 0 Å². The van der Waals surface area contributed by atoms with Crippen LogP contribution in [0.2, 0.25) is 0 Å². The largest absolute Gasteiger partial charge is 0.332 e. The van der Waals surface area contributed by atoms with Crippen LogP contribution in [-0.4, -0.2) is 19.1 Å².